The van der Waals surface area contributed by atoms with Crippen molar-refractivity contribution in [1.82, 2.24) is 9.78 Å². The van der Waals surface area contributed by atoms with Crippen molar-refractivity contribution in [3.8, 4) is 11.1 Å². The third-order valence-corrected chi connectivity index (χ3v) is 4.41. The molecule has 3 aromatic rings. The molecule has 8 heteroatoms. The Kier molecular flexibility index (Phi) is 5.15. The molecule has 0 fully saturated rings. The SMILES string of the molecule is COC(=O)c1cccc(-c2cc3nn(CCC(C)(C)O)cc3cc2[N+](=O)[O-])c1. The number of benzene rings is 2. The molecule has 0 radical (unpaired) electrons. The van der Waals surface area contributed by atoms with Crippen LogP contribution in [0.4, 0.5) is 5.69 Å². The molecule has 0 aliphatic rings. The number of carbonyl (C=O) groups is 1. The predicted octanol–water partition coefficient (Wildman–Crippen LogP) is 3.56. The minimum absolute atomic E-state index is 0.0726. The normalized spacial score (nSPS) is 11.6. The van der Waals surface area contributed by atoms with E-state index >= 15 is 0 Å². The molecule has 1 N–H and O–H groups in total. The summed E-state index contributed by atoms with van der Waals surface area (Å²) in [6, 6.07) is 9.62. The number of nitro benzene ring substituents is 1. The maximum atomic E-state index is 11.8. The van der Waals surface area contributed by atoms with E-state index in [0.717, 1.165) is 0 Å². The molecule has 0 saturated heterocycles. The van der Waals surface area contributed by atoms with Crippen LogP contribution in [-0.4, -0.2) is 38.5 Å². The monoisotopic (exact) mass is 383 g/mol. The average Bonchev–Trinajstić information content (AvgIpc) is 3.06. The van der Waals surface area contributed by atoms with Gasteiger partial charge >= 0.3 is 5.97 Å². The number of nitrogens with zero attached hydrogens (tertiary/aromatic N) is 3. The molecule has 0 amide bonds. The van der Waals surface area contributed by atoms with Crippen molar-refractivity contribution >= 4 is 22.6 Å². The number of aromatic nitrogens is 2. The van der Waals surface area contributed by atoms with E-state index in [4.69, 9.17) is 4.74 Å². The highest BCUT2D eigenvalue weighted by Gasteiger charge is 2.20. The molecular weight excluding hydrogens is 362 g/mol. The molecule has 0 bridgehead atoms. The molecule has 8 nitrogen and oxygen atoms in total. The largest absolute Gasteiger partial charge is 0.465 e. The highest BCUT2D eigenvalue weighted by Crippen LogP contribution is 2.34. The van der Waals surface area contributed by atoms with Crippen LogP contribution in [0, 0.1) is 10.1 Å². The second kappa shape index (κ2) is 7.40. The fraction of sp³-hybridized carbons (Fsp3) is 0.300. The molecule has 0 aliphatic carbocycles. The van der Waals surface area contributed by atoms with Gasteiger partial charge in [0.15, 0.2) is 0 Å². The zero-order valence-electron chi connectivity index (χ0n) is 15.9. The van der Waals surface area contributed by atoms with Gasteiger partial charge in [-0.15, -0.1) is 0 Å². The van der Waals surface area contributed by atoms with E-state index in [2.05, 4.69) is 5.10 Å². The van der Waals surface area contributed by atoms with E-state index in [1.54, 1.807) is 55.1 Å². The molecule has 0 aliphatic heterocycles. The van der Waals surface area contributed by atoms with E-state index in [-0.39, 0.29) is 5.69 Å². The van der Waals surface area contributed by atoms with Crippen LogP contribution in [0.3, 0.4) is 0 Å². The zero-order valence-corrected chi connectivity index (χ0v) is 15.9. The van der Waals surface area contributed by atoms with Gasteiger partial charge in [0, 0.05) is 24.2 Å². The summed E-state index contributed by atoms with van der Waals surface area (Å²) in [6.07, 6.45) is 2.22. The lowest BCUT2D eigenvalue weighted by atomic mass is 10.00. The van der Waals surface area contributed by atoms with E-state index in [0.29, 0.717) is 40.6 Å². The standard InChI is InChI=1S/C20H21N3O5/c1-20(2,25)7-8-22-12-15-10-18(23(26)27)16(11-17(15)21-22)13-5-4-6-14(9-13)19(24)28-3/h4-6,9-12,25H,7-8H2,1-3H3. The van der Waals surface area contributed by atoms with E-state index in [1.807, 2.05) is 0 Å². The Morgan fingerprint density at radius 1 is 1.32 bits per heavy atom. The number of esters is 1. The van der Waals surface area contributed by atoms with Crippen molar-refractivity contribution in [2.45, 2.75) is 32.4 Å². The number of rotatable bonds is 6. The van der Waals surface area contributed by atoms with Gasteiger partial charge in [-0.3, -0.25) is 14.8 Å². The van der Waals surface area contributed by atoms with Crippen LogP contribution in [0.25, 0.3) is 22.0 Å². The first-order chi connectivity index (χ1) is 13.2. The zero-order chi connectivity index (χ0) is 20.5. The highest BCUT2D eigenvalue weighted by molar-refractivity contribution is 5.94. The molecule has 28 heavy (non-hydrogen) atoms. The quantitative estimate of drug-likeness (QED) is 0.396. The van der Waals surface area contributed by atoms with Crippen molar-refractivity contribution in [2.24, 2.45) is 0 Å². The van der Waals surface area contributed by atoms with Crippen LogP contribution >= 0.6 is 0 Å². The number of carbonyl (C=O) groups excluding carboxylic acids is 1. The number of hydrogen-bond donors (Lipinski definition) is 1. The van der Waals surface area contributed by atoms with Crippen molar-refractivity contribution in [2.75, 3.05) is 7.11 Å². The van der Waals surface area contributed by atoms with Crippen LogP contribution in [0.2, 0.25) is 0 Å². The molecule has 2 aromatic carbocycles. The number of methoxy groups -OCH3 is 1. The van der Waals surface area contributed by atoms with Crippen molar-refractivity contribution in [3.63, 3.8) is 0 Å². The summed E-state index contributed by atoms with van der Waals surface area (Å²) in [5.41, 5.74) is 0.906. The van der Waals surface area contributed by atoms with Crippen molar-refractivity contribution < 1.29 is 19.6 Å². The Morgan fingerprint density at radius 3 is 2.71 bits per heavy atom. The predicted molar refractivity (Wildman–Crippen MR) is 104 cm³/mol. The minimum Gasteiger partial charge on any atom is -0.465 e. The first-order valence-corrected chi connectivity index (χ1v) is 8.75. The van der Waals surface area contributed by atoms with Crippen molar-refractivity contribution in [1.29, 1.82) is 0 Å². The summed E-state index contributed by atoms with van der Waals surface area (Å²) >= 11 is 0. The van der Waals surface area contributed by atoms with E-state index < -0.39 is 16.5 Å². The van der Waals surface area contributed by atoms with Crippen LogP contribution in [0.15, 0.2) is 42.6 Å². The lowest BCUT2D eigenvalue weighted by molar-refractivity contribution is -0.384. The molecule has 1 aromatic heterocycles. The summed E-state index contributed by atoms with van der Waals surface area (Å²) in [4.78, 5) is 23.0. The Balaban J connectivity index is 2.07. The summed E-state index contributed by atoms with van der Waals surface area (Å²) < 4.78 is 6.39. The number of aliphatic hydroxyl groups is 1. The summed E-state index contributed by atoms with van der Waals surface area (Å²) in [5.74, 6) is -0.513. The first-order valence-electron chi connectivity index (χ1n) is 8.75. The number of ether oxygens (including phenoxy) is 1. The topological polar surface area (TPSA) is 107 Å². The van der Waals surface area contributed by atoms with Gasteiger partial charge in [0.2, 0.25) is 0 Å². The van der Waals surface area contributed by atoms with Gasteiger partial charge in [-0.2, -0.15) is 5.10 Å². The third kappa shape index (κ3) is 4.17. The molecule has 146 valence electrons. The molecule has 3 rings (SSSR count). The Bertz CT molecular complexity index is 1050. The number of fused-ring (bicyclic) bond motifs is 1. The Morgan fingerprint density at radius 2 is 2.07 bits per heavy atom. The highest BCUT2D eigenvalue weighted by atomic mass is 16.6. The number of nitro groups is 1. The van der Waals surface area contributed by atoms with Gasteiger partial charge in [-0.25, -0.2) is 4.79 Å². The summed E-state index contributed by atoms with van der Waals surface area (Å²) in [5, 5.41) is 26.6. The van der Waals surface area contributed by atoms with Gasteiger partial charge < -0.3 is 9.84 Å². The van der Waals surface area contributed by atoms with E-state index in [1.165, 1.54) is 13.2 Å². The third-order valence-electron chi connectivity index (χ3n) is 4.41. The molecule has 0 spiro atoms. The van der Waals surface area contributed by atoms with Gasteiger partial charge in [0.05, 0.1) is 34.3 Å². The Labute approximate surface area is 161 Å². The minimum atomic E-state index is -0.830. The molecule has 0 atom stereocenters. The molecular formula is C20H21N3O5. The lowest BCUT2D eigenvalue weighted by Gasteiger charge is -2.16. The van der Waals surface area contributed by atoms with Crippen LogP contribution in [-0.2, 0) is 11.3 Å². The smallest absolute Gasteiger partial charge is 0.337 e. The van der Waals surface area contributed by atoms with Crippen LogP contribution in [0.5, 0.6) is 0 Å². The Hall–Kier alpha value is -3.26. The fourth-order valence-corrected chi connectivity index (χ4v) is 2.93. The van der Waals surface area contributed by atoms with Crippen molar-refractivity contribution in [3.05, 3.63) is 58.3 Å². The van der Waals surface area contributed by atoms with Gasteiger partial charge in [0.25, 0.3) is 5.69 Å². The maximum Gasteiger partial charge on any atom is 0.337 e. The van der Waals surface area contributed by atoms with Gasteiger partial charge in [-0.05, 0) is 44.0 Å². The second-order valence-electron chi connectivity index (χ2n) is 7.21. The summed E-state index contributed by atoms with van der Waals surface area (Å²) in [6.45, 7) is 3.92. The van der Waals surface area contributed by atoms with E-state index in [9.17, 15) is 20.0 Å². The molecule has 0 unspecified atom stereocenters. The lowest BCUT2D eigenvalue weighted by Crippen LogP contribution is -2.21. The van der Waals surface area contributed by atoms with Crippen LogP contribution in [0.1, 0.15) is 30.6 Å². The molecule has 0 saturated carbocycles. The average molecular weight is 383 g/mol. The first kappa shape index (κ1) is 19.5. The fourth-order valence-electron chi connectivity index (χ4n) is 2.93. The van der Waals surface area contributed by atoms with Gasteiger partial charge in [0.1, 0.15) is 0 Å². The number of aryl methyl sites for hydroxylation is 1. The summed E-state index contributed by atoms with van der Waals surface area (Å²) in [7, 11) is 1.28. The maximum absolute atomic E-state index is 11.8. The molecule has 1 heterocycles. The van der Waals surface area contributed by atoms with Gasteiger partial charge in [-0.1, -0.05) is 12.1 Å². The van der Waals surface area contributed by atoms with Crippen LogP contribution < -0.4 is 0 Å². The second-order valence-corrected chi connectivity index (χ2v) is 7.21. The number of hydrogen-bond acceptors (Lipinski definition) is 6.